The summed E-state index contributed by atoms with van der Waals surface area (Å²) in [5.41, 5.74) is 3.31. The van der Waals surface area contributed by atoms with Crippen molar-refractivity contribution in [1.82, 2.24) is 15.3 Å². The molecule has 0 spiro atoms. The number of pyridine rings is 1. The maximum Gasteiger partial charge on any atom is 0.251 e. The number of nitrogens with one attached hydrogen (secondary N) is 1. The first-order valence-corrected chi connectivity index (χ1v) is 11.6. The maximum absolute atomic E-state index is 12.7. The lowest BCUT2D eigenvalue weighted by molar-refractivity contribution is 0.0950. The molecule has 4 aromatic rings. The number of rotatable bonds is 10. The fourth-order valence-corrected chi connectivity index (χ4v) is 3.82. The van der Waals surface area contributed by atoms with Gasteiger partial charge in [0.15, 0.2) is 11.5 Å². The van der Waals surface area contributed by atoms with Gasteiger partial charge in [-0.05, 0) is 60.5 Å². The minimum atomic E-state index is -0.188. The predicted octanol–water partition coefficient (Wildman–Crippen LogP) is 4.94. The number of carbonyl (C=O) groups excluding carboxylic acids is 1. The summed E-state index contributed by atoms with van der Waals surface area (Å²) in [5, 5.41) is 5.90. The van der Waals surface area contributed by atoms with Gasteiger partial charge in [0.25, 0.3) is 5.91 Å². The number of thiazole rings is 1. The largest absolute Gasteiger partial charge is 0.493 e. The number of carbonyl (C=O) groups is 1. The second kappa shape index (κ2) is 11.3. The van der Waals surface area contributed by atoms with E-state index < -0.39 is 0 Å². The molecule has 0 saturated heterocycles. The molecule has 0 aliphatic rings. The molecule has 34 heavy (non-hydrogen) atoms. The van der Waals surface area contributed by atoms with Crippen LogP contribution in [0, 0.1) is 6.92 Å². The molecule has 2 aromatic carbocycles. The van der Waals surface area contributed by atoms with Crippen molar-refractivity contribution >= 4 is 17.2 Å². The standard InChI is InChI=1S/C26H25N3O4S/c1-18-29-22(17-34-18)16-32-23-5-3-4-21(13-23)26(30)28-14-20-6-7-24(25(12-20)31-2)33-15-19-8-10-27-11-9-19/h3-13,17H,14-16H2,1-2H3,(H,28,30). The molecule has 2 aromatic heterocycles. The molecule has 1 amide bonds. The average Bonchev–Trinajstić information content (AvgIpc) is 3.30. The van der Waals surface area contributed by atoms with Crippen LogP contribution in [0.15, 0.2) is 72.4 Å². The highest BCUT2D eigenvalue weighted by Crippen LogP contribution is 2.29. The second-order valence-corrected chi connectivity index (χ2v) is 8.55. The van der Waals surface area contributed by atoms with Crippen LogP contribution >= 0.6 is 11.3 Å². The van der Waals surface area contributed by atoms with E-state index in [2.05, 4.69) is 15.3 Å². The molecule has 0 bridgehead atoms. The van der Waals surface area contributed by atoms with E-state index in [4.69, 9.17) is 14.2 Å². The zero-order valence-corrected chi connectivity index (χ0v) is 19.8. The third-order valence-corrected chi connectivity index (χ3v) is 5.80. The molecule has 2 heterocycles. The van der Waals surface area contributed by atoms with E-state index in [1.807, 2.05) is 48.7 Å². The lowest BCUT2D eigenvalue weighted by Crippen LogP contribution is -2.22. The minimum absolute atomic E-state index is 0.188. The number of aromatic nitrogens is 2. The van der Waals surface area contributed by atoms with Gasteiger partial charge in [-0.1, -0.05) is 12.1 Å². The summed E-state index contributed by atoms with van der Waals surface area (Å²) in [6, 6.07) is 16.5. The number of nitrogens with zero attached hydrogens (tertiary/aromatic N) is 2. The lowest BCUT2D eigenvalue weighted by Gasteiger charge is -2.13. The number of methoxy groups -OCH3 is 1. The first-order chi connectivity index (χ1) is 16.6. The molecule has 0 aliphatic heterocycles. The first kappa shape index (κ1) is 23.3. The van der Waals surface area contributed by atoms with Crippen molar-refractivity contribution in [2.24, 2.45) is 0 Å². The molecule has 0 saturated carbocycles. The summed E-state index contributed by atoms with van der Waals surface area (Å²) in [4.78, 5) is 21.1. The SMILES string of the molecule is COc1cc(CNC(=O)c2cccc(OCc3csc(C)n3)c2)ccc1OCc1ccncc1. The van der Waals surface area contributed by atoms with E-state index in [1.165, 1.54) is 0 Å². The highest BCUT2D eigenvalue weighted by molar-refractivity contribution is 7.09. The van der Waals surface area contributed by atoms with Crippen molar-refractivity contribution in [2.45, 2.75) is 26.7 Å². The van der Waals surface area contributed by atoms with Crippen molar-refractivity contribution < 1.29 is 19.0 Å². The highest BCUT2D eigenvalue weighted by atomic mass is 32.1. The van der Waals surface area contributed by atoms with Gasteiger partial charge < -0.3 is 19.5 Å². The Balaban J connectivity index is 1.33. The fourth-order valence-electron chi connectivity index (χ4n) is 3.22. The van der Waals surface area contributed by atoms with E-state index in [-0.39, 0.29) is 5.91 Å². The Labute approximate surface area is 202 Å². The van der Waals surface area contributed by atoms with Gasteiger partial charge in [0.2, 0.25) is 0 Å². The maximum atomic E-state index is 12.7. The number of hydrogen-bond acceptors (Lipinski definition) is 7. The van der Waals surface area contributed by atoms with Gasteiger partial charge in [0.05, 0.1) is 17.8 Å². The van der Waals surface area contributed by atoms with Gasteiger partial charge in [0.1, 0.15) is 19.0 Å². The third-order valence-electron chi connectivity index (χ3n) is 4.97. The number of ether oxygens (including phenoxy) is 3. The summed E-state index contributed by atoms with van der Waals surface area (Å²) in [6.45, 7) is 3.08. The van der Waals surface area contributed by atoms with Gasteiger partial charge >= 0.3 is 0 Å². The molecular weight excluding hydrogens is 450 g/mol. The zero-order valence-electron chi connectivity index (χ0n) is 19.0. The van der Waals surface area contributed by atoms with Gasteiger partial charge in [-0.25, -0.2) is 4.98 Å². The molecule has 0 radical (unpaired) electrons. The van der Waals surface area contributed by atoms with E-state index in [9.17, 15) is 4.79 Å². The Morgan fingerprint density at radius 1 is 0.971 bits per heavy atom. The van der Waals surface area contributed by atoms with Crippen LogP contribution in [0.1, 0.15) is 32.2 Å². The highest BCUT2D eigenvalue weighted by Gasteiger charge is 2.10. The summed E-state index contributed by atoms with van der Waals surface area (Å²) in [5.74, 6) is 1.67. The van der Waals surface area contributed by atoms with Crippen molar-refractivity contribution in [1.29, 1.82) is 0 Å². The van der Waals surface area contributed by atoms with Crippen LogP contribution in [-0.4, -0.2) is 23.0 Å². The molecule has 1 N–H and O–H groups in total. The quantitative estimate of drug-likeness (QED) is 0.350. The Morgan fingerprint density at radius 2 is 1.82 bits per heavy atom. The minimum Gasteiger partial charge on any atom is -0.493 e. The summed E-state index contributed by atoms with van der Waals surface area (Å²) in [7, 11) is 1.59. The molecule has 0 fully saturated rings. The van der Waals surface area contributed by atoms with Crippen molar-refractivity contribution in [2.75, 3.05) is 7.11 Å². The Kier molecular flexibility index (Phi) is 7.72. The Bertz CT molecular complexity index is 1240. The van der Waals surface area contributed by atoms with E-state index in [0.29, 0.717) is 42.6 Å². The van der Waals surface area contributed by atoms with Gasteiger partial charge in [-0.15, -0.1) is 11.3 Å². The predicted molar refractivity (Wildman–Crippen MR) is 130 cm³/mol. The summed E-state index contributed by atoms with van der Waals surface area (Å²) in [6.07, 6.45) is 3.45. The first-order valence-electron chi connectivity index (χ1n) is 10.7. The Hall–Kier alpha value is -3.91. The molecule has 0 aliphatic carbocycles. The smallest absolute Gasteiger partial charge is 0.251 e. The Morgan fingerprint density at radius 3 is 2.59 bits per heavy atom. The average molecular weight is 476 g/mol. The van der Waals surface area contributed by atoms with Crippen molar-refractivity contribution in [3.05, 3.63) is 99.8 Å². The van der Waals surface area contributed by atoms with Crippen LogP contribution in [0.4, 0.5) is 0 Å². The third kappa shape index (κ3) is 6.32. The number of benzene rings is 2. The summed E-state index contributed by atoms with van der Waals surface area (Å²) >= 11 is 1.58. The molecule has 0 unspecified atom stereocenters. The summed E-state index contributed by atoms with van der Waals surface area (Å²) < 4.78 is 17.1. The van der Waals surface area contributed by atoms with Gasteiger partial charge in [-0.3, -0.25) is 9.78 Å². The normalized spacial score (nSPS) is 10.5. The fraction of sp³-hybridized carbons (Fsp3) is 0.192. The molecular formula is C26H25N3O4S. The molecule has 0 atom stereocenters. The number of amides is 1. The number of hydrogen-bond donors (Lipinski definition) is 1. The van der Waals surface area contributed by atoms with E-state index in [1.54, 1.807) is 49.0 Å². The van der Waals surface area contributed by atoms with Crippen LogP contribution in [0.2, 0.25) is 0 Å². The van der Waals surface area contributed by atoms with Gasteiger partial charge in [-0.2, -0.15) is 0 Å². The lowest BCUT2D eigenvalue weighted by atomic mass is 10.1. The van der Waals surface area contributed by atoms with Crippen LogP contribution in [0.3, 0.4) is 0 Å². The van der Waals surface area contributed by atoms with E-state index >= 15 is 0 Å². The molecule has 8 heteroatoms. The zero-order chi connectivity index (χ0) is 23.8. The monoisotopic (exact) mass is 475 g/mol. The van der Waals surface area contributed by atoms with Crippen LogP contribution in [-0.2, 0) is 19.8 Å². The molecule has 7 nitrogen and oxygen atoms in total. The molecule has 4 rings (SSSR count). The second-order valence-electron chi connectivity index (χ2n) is 7.49. The molecule has 174 valence electrons. The van der Waals surface area contributed by atoms with Crippen molar-refractivity contribution in [3.8, 4) is 17.2 Å². The topological polar surface area (TPSA) is 82.6 Å². The number of aryl methyl sites for hydroxylation is 1. The van der Waals surface area contributed by atoms with Gasteiger partial charge in [0, 0.05) is 29.9 Å². The van der Waals surface area contributed by atoms with Crippen LogP contribution < -0.4 is 19.5 Å². The van der Waals surface area contributed by atoms with Crippen LogP contribution in [0.5, 0.6) is 17.2 Å². The van der Waals surface area contributed by atoms with Crippen molar-refractivity contribution in [3.63, 3.8) is 0 Å². The van der Waals surface area contributed by atoms with E-state index in [0.717, 1.165) is 21.8 Å². The van der Waals surface area contributed by atoms with Crippen LogP contribution in [0.25, 0.3) is 0 Å².